The van der Waals surface area contributed by atoms with Crippen LogP contribution in [0.1, 0.15) is 25.7 Å². The maximum atomic E-state index is 11.9. The quantitative estimate of drug-likeness (QED) is 0.0663. The van der Waals surface area contributed by atoms with Crippen LogP contribution in [-0.4, -0.2) is 117 Å². The molecule has 0 aliphatic carbocycles. The Morgan fingerprint density at radius 1 is 0.703 bits per heavy atom. The van der Waals surface area contributed by atoms with Gasteiger partial charge in [0.25, 0.3) is 0 Å². The molecule has 0 aliphatic heterocycles. The summed E-state index contributed by atoms with van der Waals surface area (Å²) in [6, 6.07) is -4.09. The number of ether oxygens (including phenoxy) is 4. The van der Waals surface area contributed by atoms with Gasteiger partial charge in [-0.1, -0.05) is 5.92 Å². The summed E-state index contributed by atoms with van der Waals surface area (Å²) in [5, 5.41) is 33.5. The van der Waals surface area contributed by atoms with E-state index in [0.717, 1.165) is 0 Å². The van der Waals surface area contributed by atoms with Crippen molar-refractivity contribution in [3.63, 3.8) is 0 Å². The van der Waals surface area contributed by atoms with Crippen molar-refractivity contribution in [1.82, 2.24) is 16.0 Å². The van der Waals surface area contributed by atoms with E-state index in [1.54, 1.807) is 0 Å². The summed E-state index contributed by atoms with van der Waals surface area (Å²) < 4.78 is 20.9. The first-order valence-corrected chi connectivity index (χ1v) is 11.4. The molecule has 15 heteroatoms. The molecule has 210 valence electrons. The largest absolute Gasteiger partial charge is 0.481 e. The maximum Gasteiger partial charge on any atom is 0.326 e. The number of nitrogens with one attached hydrogen (secondary N) is 3. The van der Waals surface area contributed by atoms with Crippen molar-refractivity contribution in [1.29, 1.82) is 0 Å². The molecule has 0 radical (unpaired) electrons. The standard InChI is InChI=1S/C22H35N3O12/c1-2-8-34-10-12-36-14-15-37-13-11-35-9-7-23-18(26)5-3-16(20(29)30)24-22(33)25-17(21(31)32)4-6-19(27)28/h1,16-17H,3-15H2,(H,23,26)(H,27,28)(H,29,30)(H,31,32)(H2,24,25,33)/t16-,17-/m0/s1. The van der Waals surface area contributed by atoms with Crippen LogP contribution >= 0.6 is 0 Å². The van der Waals surface area contributed by atoms with Gasteiger partial charge >= 0.3 is 23.9 Å². The van der Waals surface area contributed by atoms with Crippen molar-refractivity contribution in [3.8, 4) is 12.3 Å². The number of amides is 3. The molecule has 3 amide bonds. The van der Waals surface area contributed by atoms with E-state index in [1.165, 1.54) is 0 Å². The molecule has 0 aromatic rings. The van der Waals surface area contributed by atoms with Crippen LogP contribution in [0, 0.1) is 12.3 Å². The number of urea groups is 1. The highest BCUT2D eigenvalue weighted by Crippen LogP contribution is 2.01. The number of carbonyl (C=O) groups excluding carboxylic acids is 2. The van der Waals surface area contributed by atoms with Gasteiger partial charge in [-0.05, 0) is 12.8 Å². The Morgan fingerprint density at radius 3 is 1.62 bits per heavy atom. The zero-order chi connectivity index (χ0) is 27.9. The first kappa shape index (κ1) is 33.5. The number of carboxylic acid groups (broad SMARTS) is 3. The Bertz CT molecular complexity index is 756. The summed E-state index contributed by atoms with van der Waals surface area (Å²) in [6.45, 7) is 2.85. The Kier molecular flexibility index (Phi) is 19.8. The monoisotopic (exact) mass is 533 g/mol. The first-order chi connectivity index (χ1) is 17.7. The SMILES string of the molecule is C#CCOCCOCCOCCOCCNC(=O)CC[C@H](NC(=O)N[C@@H](CCC(=O)O)C(=O)O)C(=O)O. The fourth-order valence-electron chi connectivity index (χ4n) is 2.56. The van der Waals surface area contributed by atoms with E-state index in [1.807, 2.05) is 5.32 Å². The summed E-state index contributed by atoms with van der Waals surface area (Å²) in [5.74, 6) is -2.27. The number of aliphatic carboxylic acids is 3. The van der Waals surface area contributed by atoms with Gasteiger partial charge in [-0.2, -0.15) is 0 Å². The summed E-state index contributed by atoms with van der Waals surface area (Å²) in [7, 11) is 0. The van der Waals surface area contributed by atoms with Gasteiger partial charge in [-0.25, -0.2) is 14.4 Å². The molecule has 6 N–H and O–H groups in total. The van der Waals surface area contributed by atoms with Crippen molar-refractivity contribution < 1.29 is 58.2 Å². The highest BCUT2D eigenvalue weighted by atomic mass is 16.6. The van der Waals surface area contributed by atoms with Gasteiger partial charge in [0, 0.05) is 19.4 Å². The van der Waals surface area contributed by atoms with Crippen LogP contribution < -0.4 is 16.0 Å². The second-order valence-corrected chi connectivity index (χ2v) is 7.31. The predicted molar refractivity (Wildman–Crippen MR) is 126 cm³/mol. The molecule has 0 rings (SSSR count). The number of carbonyl (C=O) groups is 5. The lowest BCUT2D eigenvalue weighted by Crippen LogP contribution is -2.51. The first-order valence-electron chi connectivity index (χ1n) is 11.4. The van der Waals surface area contributed by atoms with Gasteiger partial charge < -0.3 is 50.2 Å². The Hall–Kier alpha value is -3.45. The smallest absolute Gasteiger partial charge is 0.326 e. The van der Waals surface area contributed by atoms with E-state index in [9.17, 15) is 29.1 Å². The van der Waals surface area contributed by atoms with Crippen LogP contribution in [0.15, 0.2) is 0 Å². The molecule has 0 bridgehead atoms. The van der Waals surface area contributed by atoms with Crippen LogP contribution in [-0.2, 0) is 38.1 Å². The number of hydrogen-bond acceptors (Lipinski definition) is 9. The third-order valence-electron chi connectivity index (χ3n) is 4.38. The Labute approximate surface area is 214 Å². The minimum Gasteiger partial charge on any atom is -0.481 e. The van der Waals surface area contributed by atoms with E-state index in [2.05, 4.69) is 16.6 Å². The van der Waals surface area contributed by atoms with Crippen LogP contribution in [0.25, 0.3) is 0 Å². The molecule has 0 spiro atoms. The topological polar surface area (TPSA) is 219 Å². The maximum absolute atomic E-state index is 11.9. The van der Waals surface area contributed by atoms with Crippen molar-refractivity contribution >= 4 is 29.8 Å². The molecular weight excluding hydrogens is 498 g/mol. The molecule has 0 saturated carbocycles. The van der Waals surface area contributed by atoms with Crippen LogP contribution in [0.5, 0.6) is 0 Å². The predicted octanol–water partition coefficient (Wildman–Crippen LogP) is -1.35. The van der Waals surface area contributed by atoms with Gasteiger partial charge in [-0.15, -0.1) is 6.42 Å². The van der Waals surface area contributed by atoms with E-state index in [4.69, 9.17) is 35.6 Å². The Balaban J connectivity index is 3.96. The van der Waals surface area contributed by atoms with Crippen molar-refractivity contribution in [3.05, 3.63) is 0 Å². The number of carboxylic acids is 3. The third-order valence-corrected chi connectivity index (χ3v) is 4.38. The molecule has 0 aromatic carbocycles. The fraction of sp³-hybridized carbons (Fsp3) is 0.682. The summed E-state index contributed by atoms with van der Waals surface area (Å²) in [6.07, 6.45) is 3.67. The molecule has 0 aliphatic rings. The lowest BCUT2D eigenvalue weighted by atomic mass is 10.1. The molecule has 0 unspecified atom stereocenters. The number of rotatable bonds is 23. The van der Waals surface area contributed by atoms with Gasteiger partial charge in [-0.3, -0.25) is 9.59 Å². The normalized spacial score (nSPS) is 12.1. The molecular formula is C22H35N3O12. The lowest BCUT2D eigenvalue weighted by Gasteiger charge is -2.18. The zero-order valence-corrected chi connectivity index (χ0v) is 20.4. The number of hydrogen-bond donors (Lipinski definition) is 6. The summed E-state index contributed by atoms with van der Waals surface area (Å²) in [5.41, 5.74) is 0. The average Bonchev–Trinajstić information content (AvgIpc) is 2.83. The van der Waals surface area contributed by atoms with Crippen molar-refractivity contribution in [2.24, 2.45) is 0 Å². The molecule has 2 atom stereocenters. The lowest BCUT2D eigenvalue weighted by molar-refractivity contribution is -0.141. The van der Waals surface area contributed by atoms with Crippen molar-refractivity contribution in [2.45, 2.75) is 37.8 Å². The molecule has 0 saturated heterocycles. The summed E-state index contributed by atoms with van der Waals surface area (Å²) in [4.78, 5) is 56.9. The molecule has 0 aromatic heterocycles. The van der Waals surface area contributed by atoms with Crippen molar-refractivity contribution in [2.75, 3.05) is 59.4 Å². The number of terminal acetylenes is 1. The highest BCUT2D eigenvalue weighted by Gasteiger charge is 2.25. The molecule has 37 heavy (non-hydrogen) atoms. The molecule has 15 nitrogen and oxygen atoms in total. The highest BCUT2D eigenvalue weighted by molar-refractivity contribution is 5.86. The van der Waals surface area contributed by atoms with Crippen LogP contribution in [0.4, 0.5) is 4.79 Å². The van der Waals surface area contributed by atoms with Gasteiger partial charge in [0.15, 0.2) is 0 Å². The average molecular weight is 534 g/mol. The van der Waals surface area contributed by atoms with Gasteiger partial charge in [0.2, 0.25) is 5.91 Å². The van der Waals surface area contributed by atoms with Gasteiger partial charge in [0.05, 0.1) is 46.2 Å². The second-order valence-electron chi connectivity index (χ2n) is 7.31. The zero-order valence-electron chi connectivity index (χ0n) is 20.4. The van der Waals surface area contributed by atoms with Crippen LogP contribution in [0.2, 0.25) is 0 Å². The summed E-state index contributed by atoms with van der Waals surface area (Å²) >= 11 is 0. The molecule has 0 fully saturated rings. The third kappa shape index (κ3) is 20.4. The minimum atomic E-state index is -1.52. The van der Waals surface area contributed by atoms with E-state index in [-0.39, 0.29) is 39.0 Å². The van der Waals surface area contributed by atoms with E-state index < -0.39 is 48.4 Å². The Morgan fingerprint density at radius 2 is 1.16 bits per heavy atom. The minimum absolute atomic E-state index is 0.176. The fourth-order valence-corrected chi connectivity index (χ4v) is 2.56. The second kappa shape index (κ2) is 21.8. The van der Waals surface area contributed by atoms with Crippen LogP contribution in [0.3, 0.4) is 0 Å². The van der Waals surface area contributed by atoms with Gasteiger partial charge in [0.1, 0.15) is 18.7 Å². The van der Waals surface area contributed by atoms with E-state index >= 15 is 0 Å². The van der Waals surface area contributed by atoms with E-state index in [0.29, 0.717) is 39.6 Å². The molecule has 0 heterocycles.